The number of hydrogen-bond acceptors (Lipinski definition) is 3. The predicted octanol–water partition coefficient (Wildman–Crippen LogP) is 4.75. The highest BCUT2D eigenvalue weighted by molar-refractivity contribution is 7.89. The average molecular weight is 489 g/mol. The van der Waals surface area contributed by atoms with Gasteiger partial charge in [0.25, 0.3) is 5.91 Å². The SMILES string of the molecule is CC1CCCN(S(=O)(=O)c2cc(C(=O)NCCc3ccc(C(F)(F)F)cc3)ccc2Cl)C1. The zero-order valence-electron chi connectivity index (χ0n) is 17.5. The molecule has 1 N–H and O–H groups in total. The lowest BCUT2D eigenvalue weighted by Crippen LogP contribution is -2.39. The highest BCUT2D eigenvalue weighted by Crippen LogP contribution is 2.30. The smallest absolute Gasteiger partial charge is 0.352 e. The Morgan fingerprint density at radius 1 is 1.19 bits per heavy atom. The Morgan fingerprint density at radius 2 is 1.88 bits per heavy atom. The zero-order valence-corrected chi connectivity index (χ0v) is 19.0. The van der Waals surface area contributed by atoms with Gasteiger partial charge in [0.1, 0.15) is 4.90 Å². The quantitative estimate of drug-likeness (QED) is 0.638. The minimum atomic E-state index is -4.40. The average Bonchev–Trinajstić information content (AvgIpc) is 2.73. The number of sulfonamides is 1. The van der Waals surface area contributed by atoms with Gasteiger partial charge in [0.2, 0.25) is 10.0 Å². The zero-order chi connectivity index (χ0) is 23.5. The summed E-state index contributed by atoms with van der Waals surface area (Å²) >= 11 is 6.15. The van der Waals surface area contributed by atoms with Crippen molar-refractivity contribution in [3.8, 4) is 0 Å². The summed E-state index contributed by atoms with van der Waals surface area (Å²) in [6.45, 7) is 2.98. The van der Waals surface area contributed by atoms with Crippen molar-refractivity contribution in [1.29, 1.82) is 0 Å². The minimum absolute atomic E-state index is 0.0459. The van der Waals surface area contributed by atoms with Crippen molar-refractivity contribution >= 4 is 27.5 Å². The largest absolute Gasteiger partial charge is 0.416 e. The van der Waals surface area contributed by atoms with Crippen LogP contribution in [0.5, 0.6) is 0 Å². The van der Waals surface area contributed by atoms with E-state index in [1.54, 1.807) is 0 Å². The van der Waals surface area contributed by atoms with Crippen LogP contribution in [0.1, 0.15) is 41.3 Å². The van der Waals surface area contributed by atoms with E-state index >= 15 is 0 Å². The van der Waals surface area contributed by atoms with Crippen LogP contribution >= 0.6 is 11.6 Å². The molecule has 2 aromatic rings. The number of nitrogens with one attached hydrogen (secondary N) is 1. The van der Waals surface area contributed by atoms with Gasteiger partial charge in [-0.25, -0.2) is 8.42 Å². The highest BCUT2D eigenvalue weighted by Gasteiger charge is 2.31. The maximum atomic E-state index is 13.1. The van der Waals surface area contributed by atoms with Crippen LogP contribution < -0.4 is 5.32 Å². The van der Waals surface area contributed by atoms with Crippen LogP contribution in [0.15, 0.2) is 47.4 Å². The number of halogens is 4. The monoisotopic (exact) mass is 488 g/mol. The number of amides is 1. The maximum absolute atomic E-state index is 13.1. The Hall–Kier alpha value is -2.10. The predicted molar refractivity (Wildman–Crippen MR) is 116 cm³/mol. The van der Waals surface area contributed by atoms with Crippen LogP contribution in [-0.4, -0.2) is 38.3 Å². The molecule has 5 nitrogen and oxygen atoms in total. The molecule has 174 valence electrons. The summed E-state index contributed by atoms with van der Waals surface area (Å²) in [5.41, 5.74) is 0.0469. The summed E-state index contributed by atoms with van der Waals surface area (Å²) in [6, 6.07) is 8.80. The Balaban J connectivity index is 1.66. The fourth-order valence-electron chi connectivity index (χ4n) is 3.63. The Kier molecular flexibility index (Phi) is 7.52. The second-order valence-electron chi connectivity index (χ2n) is 7.96. The number of rotatable bonds is 6. The topological polar surface area (TPSA) is 66.5 Å². The molecule has 1 saturated heterocycles. The molecule has 0 radical (unpaired) electrons. The molecule has 0 saturated carbocycles. The number of piperidine rings is 1. The fraction of sp³-hybridized carbons (Fsp3) is 0.409. The van der Waals surface area contributed by atoms with Gasteiger partial charge in [-0.15, -0.1) is 0 Å². The fourth-order valence-corrected chi connectivity index (χ4v) is 5.73. The number of nitrogens with zero attached hydrogens (tertiary/aromatic N) is 1. The van der Waals surface area contributed by atoms with Crippen molar-refractivity contribution in [3.05, 3.63) is 64.2 Å². The molecule has 1 heterocycles. The summed E-state index contributed by atoms with van der Waals surface area (Å²) in [4.78, 5) is 12.4. The molecule has 0 spiro atoms. The first-order valence-electron chi connectivity index (χ1n) is 10.2. The lowest BCUT2D eigenvalue weighted by atomic mass is 10.0. The van der Waals surface area contributed by atoms with Crippen LogP contribution in [0.4, 0.5) is 13.2 Å². The van der Waals surface area contributed by atoms with E-state index < -0.39 is 27.7 Å². The standard InChI is InChI=1S/C22H24ClF3N2O3S/c1-15-3-2-12-28(14-15)32(30,31)20-13-17(6-9-19(20)23)21(29)27-11-10-16-4-7-18(8-5-16)22(24,25)26/h4-9,13,15H,2-3,10-12,14H2,1H3,(H,27,29). The van der Waals surface area contributed by atoms with Gasteiger partial charge in [0.15, 0.2) is 0 Å². The van der Waals surface area contributed by atoms with Crippen LogP contribution in [0, 0.1) is 5.92 Å². The third-order valence-electron chi connectivity index (χ3n) is 5.41. The van der Waals surface area contributed by atoms with Gasteiger partial charge >= 0.3 is 6.18 Å². The lowest BCUT2D eigenvalue weighted by molar-refractivity contribution is -0.137. The maximum Gasteiger partial charge on any atom is 0.416 e. The summed E-state index contributed by atoms with van der Waals surface area (Å²) in [7, 11) is -3.83. The Bertz CT molecular complexity index is 1070. The van der Waals surface area contributed by atoms with E-state index in [0.717, 1.165) is 25.0 Å². The van der Waals surface area contributed by atoms with Crippen molar-refractivity contribution in [1.82, 2.24) is 9.62 Å². The number of carbonyl (C=O) groups excluding carboxylic acids is 1. The van der Waals surface area contributed by atoms with Crippen LogP contribution in [-0.2, 0) is 22.6 Å². The van der Waals surface area contributed by atoms with Gasteiger partial charge in [-0.2, -0.15) is 17.5 Å². The van der Waals surface area contributed by atoms with E-state index in [1.807, 2.05) is 6.92 Å². The van der Waals surface area contributed by atoms with Gasteiger partial charge < -0.3 is 5.32 Å². The molecule has 1 fully saturated rings. The van der Waals surface area contributed by atoms with Gasteiger partial charge in [0, 0.05) is 25.2 Å². The molecule has 3 rings (SSSR count). The molecule has 1 amide bonds. The first-order valence-corrected chi connectivity index (χ1v) is 12.0. The molecule has 0 bridgehead atoms. The van der Waals surface area contributed by atoms with E-state index in [2.05, 4.69) is 5.32 Å². The molecule has 0 aliphatic carbocycles. The van der Waals surface area contributed by atoms with Crippen molar-refractivity contribution in [2.24, 2.45) is 5.92 Å². The van der Waals surface area contributed by atoms with Crippen molar-refractivity contribution < 1.29 is 26.4 Å². The number of alkyl halides is 3. The van der Waals surface area contributed by atoms with Crippen LogP contribution in [0.25, 0.3) is 0 Å². The molecule has 1 aliphatic rings. The van der Waals surface area contributed by atoms with Gasteiger partial charge in [-0.1, -0.05) is 30.7 Å². The molecule has 10 heteroatoms. The van der Waals surface area contributed by atoms with E-state index in [-0.39, 0.29) is 27.9 Å². The molecule has 2 aromatic carbocycles. The van der Waals surface area contributed by atoms with Crippen molar-refractivity contribution in [3.63, 3.8) is 0 Å². The molecule has 0 aromatic heterocycles. The molecule has 32 heavy (non-hydrogen) atoms. The minimum Gasteiger partial charge on any atom is -0.352 e. The Morgan fingerprint density at radius 3 is 2.50 bits per heavy atom. The third kappa shape index (κ3) is 5.82. The van der Waals surface area contributed by atoms with Crippen LogP contribution in [0.3, 0.4) is 0 Å². The van der Waals surface area contributed by atoms with Gasteiger partial charge in [0.05, 0.1) is 10.6 Å². The first-order chi connectivity index (χ1) is 15.0. The lowest BCUT2D eigenvalue weighted by Gasteiger charge is -2.30. The van der Waals surface area contributed by atoms with Crippen molar-refractivity contribution in [2.45, 2.75) is 37.3 Å². The molecule has 1 aliphatic heterocycles. The molecular formula is C22H24ClF3N2O3S. The van der Waals surface area contributed by atoms with Gasteiger partial charge in [-0.3, -0.25) is 4.79 Å². The summed E-state index contributed by atoms with van der Waals surface area (Å²) in [5.74, 6) is -0.244. The second-order valence-corrected chi connectivity index (χ2v) is 10.3. The number of carbonyl (C=O) groups is 1. The van der Waals surface area contributed by atoms with Crippen LogP contribution in [0.2, 0.25) is 5.02 Å². The van der Waals surface area contributed by atoms with E-state index in [1.165, 1.54) is 34.6 Å². The normalized spacial score (nSPS) is 17.8. The third-order valence-corrected chi connectivity index (χ3v) is 7.76. The Labute approximate surface area is 190 Å². The van der Waals surface area contributed by atoms with E-state index in [9.17, 15) is 26.4 Å². The molecule has 1 atom stereocenters. The molecule has 1 unspecified atom stereocenters. The van der Waals surface area contributed by atoms with Crippen molar-refractivity contribution in [2.75, 3.05) is 19.6 Å². The second kappa shape index (κ2) is 9.80. The summed E-state index contributed by atoms with van der Waals surface area (Å²) < 4.78 is 65.4. The number of hydrogen-bond donors (Lipinski definition) is 1. The highest BCUT2D eigenvalue weighted by atomic mass is 35.5. The number of benzene rings is 2. The van der Waals surface area contributed by atoms with E-state index in [4.69, 9.17) is 11.6 Å². The molecular weight excluding hydrogens is 465 g/mol. The van der Waals surface area contributed by atoms with E-state index in [0.29, 0.717) is 25.1 Å². The summed E-state index contributed by atoms with van der Waals surface area (Å²) in [5, 5.41) is 2.71. The first kappa shape index (κ1) is 24.5. The summed E-state index contributed by atoms with van der Waals surface area (Å²) in [6.07, 6.45) is -2.34. The van der Waals surface area contributed by atoms with Gasteiger partial charge in [-0.05, 0) is 61.1 Å².